The molecule has 5 nitrogen and oxygen atoms in total. The van der Waals surface area contributed by atoms with Gasteiger partial charge in [0, 0.05) is 24.5 Å². The zero-order valence-corrected chi connectivity index (χ0v) is 13.2. The molecule has 118 valence electrons. The molecule has 0 atom stereocenters. The predicted octanol–water partition coefficient (Wildman–Crippen LogP) is 3.16. The Bertz CT molecular complexity index is 795. The molecule has 0 aliphatic carbocycles. The van der Waals surface area contributed by atoms with Gasteiger partial charge >= 0.3 is 0 Å². The van der Waals surface area contributed by atoms with Crippen LogP contribution in [0.3, 0.4) is 0 Å². The summed E-state index contributed by atoms with van der Waals surface area (Å²) >= 11 is 0. The van der Waals surface area contributed by atoms with Gasteiger partial charge in [0.1, 0.15) is 5.82 Å². The molecule has 0 unspecified atom stereocenters. The maximum Gasteiger partial charge on any atom is 0.251 e. The largest absolute Gasteiger partial charge is 0.345 e. The highest BCUT2D eigenvalue weighted by Gasteiger charge is 2.11. The average molecular weight is 308 g/mol. The van der Waals surface area contributed by atoms with E-state index in [2.05, 4.69) is 32.8 Å². The maximum absolute atomic E-state index is 12.2. The summed E-state index contributed by atoms with van der Waals surface area (Å²) in [6, 6.07) is 11.5. The lowest BCUT2D eigenvalue weighted by Crippen LogP contribution is -2.24. The summed E-state index contributed by atoms with van der Waals surface area (Å²) in [5.74, 6) is 0.781. The summed E-state index contributed by atoms with van der Waals surface area (Å²) in [6.07, 6.45) is 5.44. The lowest BCUT2D eigenvalue weighted by atomic mass is 10.2. The summed E-state index contributed by atoms with van der Waals surface area (Å²) in [5.41, 5.74) is 2.70. The third kappa shape index (κ3) is 3.39. The quantitative estimate of drug-likeness (QED) is 0.761. The first-order valence-corrected chi connectivity index (χ1v) is 7.92. The van der Waals surface area contributed by atoms with Gasteiger partial charge in [-0.1, -0.05) is 25.5 Å². The summed E-state index contributed by atoms with van der Waals surface area (Å²) in [5, 5.41) is 2.94. The van der Waals surface area contributed by atoms with Crippen molar-refractivity contribution in [3.63, 3.8) is 0 Å². The van der Waals surface area contributed by atoms with Crippen LogP contribution in [-0.4, -0.2) is 20.4 Å². The molecular weight excluding hydrogens is 288 g/mol. The number of aromatic nitrogens is 3. The molecule has 2 aromatic heterocycles. The number of amides is 1. The van der Waals surface area contributed by atoms with Crippen molar-refractivity contribution in [1.82, 2.24) is 19.9 Å². The zero-order valence-electron chi connectivity index (χ0n) is 13.2. The average Bonchev–Trinajstić information content (AvgIpc) is 2.96. The van der Waals surface area contributed by atoms with E-state index in [1.165, 1.54) is 0 Å². The van der Waals surface area contributed by atoms with Crippen molar-refractivity contribution in [2.45, 2.75) is 32.9 Å². The van der Waals surface area contributed by atoms with E-state index in [1.54, 1.807) is 24.5 Å². The fraction of sp³-hybridized carbons (Fsp3) is 0.278. The van der Waals surface area contributed by atoms with E-state index in [-0.39, 0.29) is 5.91 Å². The first kappa shape index (κ1) is 15.2. The van der Waals surface area contributed by atoms with Crippen molar-refractivity contribution in [2.75, 3.05) is 0 Å². The van der Waals surface area contributed by atoms with E-state index in [9.17, 15) is 4.79 Å². The number of fused-ring (bicyclic) bond motifs is 1. The molecule has 3 aromatic rings. The van der Waals surface area contributed by atoms with Gasteiger partial charge < -0.3 is 9.88 Å². The Balaban J connectivity index is 1.80. The Labute approximate surface area is 135 Å². The van der Waals surface area contributed by atoms with Crippen LogP contribution in [0.25, 0.3) is 11.0 Å². The van der Waals surface area contributed by atoms with Crippen molar-refractivity contribution < 1.29 is 4.79 Å². The fourth-order valence-electron chi connectivity index (χ4n) is 2.59. The topological polar surface area (TPSA) is 59.8 Å². The lowest BCUT2D eigenvalue weighted by molar-refractivity contribution is 0.0949. The molecule has 0 radical (unpaired) electrons. The highest BCUT2D eigenvalue weighted by molar-refractivity contribution is 5.93. The minimum absolute atomic E-state index is 0.110. The first-order valence-electron chi connectivity index (χ1n) is 7.92. The Morgan fingerprint density at radius 3 is 2.74 bits per heavy atom. The number of nitrogens with zero attached hydrogens (tertiary/aromatic N) is 3. The summed E-state index contributed by atoms with van der Waals surface area (Å²) in [7, 11) is 0. The fourth-order valence-corrected chi connectivity index (χ4v) is 2.59. The predicted molar refractivity (Wildman–Crippen MR) is 90.0 cm³/mol. The van der Waals surface area contributed by atoms with Crippen LogP contribution in [0.2, 0.25) is 0 Å². The SMILES string of the molecule is CCCCn1c(CNC(=O)c2ccncc2)nc2ccccc21. The summed E-state index contributed by atoms with van der Waals surface area (Å²) in [4.78, 5) is 20.8. The molecule has 0 aliphatic heterocycles. The van der Waals surface area contributed by atoms with Crippen LogP contribution in [0.4, 0.5) is 0 Å². The number of hydrogen-bond donors (Lipinski definition) is 1. The number of pyridine rings is 1. The highest BCUT2D eigenvalue weighted by atomic mass is 16.1. The molecule has 1 amide bonds. The van der Waals surface area contributed by atoms with Gasteiger partial charge in [0.25, 0.3) is 5.91 Å². The molecule has 0 saturated heterocycles. The van der Waals surface area contributed by atoms with Crippen LogP contribution in [0.5, 0.6) is 0 Å². The lowest BCUT2D eigenvalue weighted by Gasteiger charge is -2.09. The molecule has 0 aliphatic rings. The molecule has 0 fully saturated rings. The minimum atomic E-state index is -0.110. The number of rotatable bonds is 6. The molecule has 1 aromatic carbocycles. The van der Waals surface area contributed by atoms with Crippen LogP contribution in [0.1, 0.15) is 35.9 Å². The van der Waals surface area contributed by atoms with E-state index in [0.29, 0.717) is 12.1 Å². The minimum Gasteiger partial charge on any atom is -0.345 e. The molecular formula is C18H20N4O. The second kappa shape index (κ2) is 7.05. The molecule has 0 bridgehead atoms. The van der Waals surface area contributed by atoms with Crippen LogP contribution in [0, 0.1) is 0 Å². The Kier molecular flexibility index (Phi) is 4.66. The summed E-state index contributed by atoms with van der Waals surface area (Å²) in [6.45, 7) is 3.50. The van der Waals surface area contributed by atoms with Crippen molar-refractivity contribution >= 4 is 16.9 Å². The molecule has 2 heterocycles. The number of unbranched alkanes of at least 4 members (excludes halogenated alkanes) is 1. The van der Waals surface area contributed by atoms with Gasteiger partial charge in [-0.25, -0.2) is 4.98 Å². The molecule has 3 rings (SSSR count). The number of imidazole rings is 1. The van der Waals surface area contributed by atoms with Crippen molar-refractivity contribution in [2.24, 2.45) is 0 Å². The van der Waals surface area contributed by atoms with E-state index in [0.717, 1.165) is 36.2 Å². The molecule has 1 N–H and O–H groups in total. The highest BCUT2D eigenvalue weighted by Crippen LogP contribution is 2.17. The number of para-hydroxylation sites is 2. The van der Waals surface area contributed by atoms with Crippen LogP contribution < -0.4 is 5.32 Å². The van der Waals surface area contributed by atoms with Crippen molar-refractivity contribution in [3.05, 3.63) is 60.2 Å². The van der Waals surface area contributed by atoms with Gasteiger partial charge in [0.15, 0.2) is 0 Å². The number of carbonyl (C=O) groups is 1. The monoisotopic (exact) mass is 308 g/mol. The van der Waals surface area contributed by atoms with Crippen molar-refractivity contribution in [1.29, 1.82) is 0 Å². The number of nitrogens with one attached hydrogen (secondary N) is 1. The molecule has 0 saturated carbocycles. The first-order chi connectivity index (χ1) is 11.3. The second-order valence-corrected chi connectivity index (χ2v) is 5.44. The van der Waals surface area contributed by atoms with Crippen LogP contribution in [-0.2, 0) is 13.1 Å². The van der Waals surface area contributed by atoms with E-state index >= 15 is 0 Å². The van der Waals surface area contributed by atoms with Gasteiger partial charge in [-0.15, -0.1) is 0 Å². The van der Waals surface area contributed by atoms with E-state index in [1.807, 2.05) is 18.2 Å². The molecule has 5 heteroatoms. The van der Waals surface area contributed by atoms with E-state index in [4.69, 9.17) is 0 Å². The van der Waals surface area contributed by atoms with Gasteiger partial charge in [-0.3, -0.25) is 9.78 Å². The number of benzene rings is 1. The third-order valence-electron chi connectivity index (χ3n) is 3.82. The van der Waals surface area contributed by atoms with Crippen LogP contribution in [0.15, 0.2) is 48.8 Å². The van der Waals surface area contributed by atoms with Gasteiger partial charge in [0.05, 0.1) is 17.6 Å². The summed E-state index contributed by atoms with van der Waals surface area (Å²) < 4.78 is 2.20. The number of carbonyl (C=O) groups excluding carboxylic acids is 1. The Morgan fingerprint density at radius 1 is 1.17 bits per heavy atom. The second-order valence-electron chi connectivity index (χ2n) is 5.44. The number of aryl methyl sites for hydroxylation is 1. The molecule has 23 heavy (non-hydrogen) atoms. The smallest absolute Gasteiger partial charge is 0.251 e. The number of hydrogen-bond acceptors (Lipinski definition) is 3. The maximum atomic E-state index is 12.2. The Morgan fingerprint density at radius 2 is 1.96 bits per heavy atom. The third-order valence-corrected chi connectivity index (χ3v) is 3.82. The van der Waals surface area contributed by atoms with Crippen LogP contribution >= 0.6 is 0 Å². The van der Waals surface area contributed by atoms with E-state index < -0.39 is 0 Å². The molecule has 0 spiro atoms. The van der Waals surface area contributed by atoms with Gasteiger partial charge in [-0.05, 0) is 30.7 Å². The van der Waals surface area contributed by atoms with Crippen molar-refractivity contribution in [3.8, 4) is 0 Å². The van der Waals surface area contributed by atoms with Gasteiger partial charge in [0.2, 0.25) is 0 Å². The zero-order chi connectivity index (χ0) is 16.1. The van der Waals surface area contributed by atoms with Gasteiger partial charge in [-0.2, -0.15) is 0 Å². The standard InChI is InChI=1S/C18H20N4O/c1-2-3-12-22-16-7-5-4-6-15(16)21-17(22)13-20-18(23)14-8-10-19-11-9-14/h4-11H,2-3,12-13H2,1H3,(H,20,23). The Hall–Kier alpha value is -2.69. The normalized spacial score (nSPS) is 10.8.